The summed E-state index contributed by atoms with van der Waals surface area (Å²) in [5.41, 5.74) is 1.10. The number of benzene rings is 1. The fraction of sp³-hybridized carbons (Fsp3) is 0.611. The van der Waals surface area contributed by atoms with Crippen molar-refractivity contribution in [3.8, 4) is 5.75 Å². The van der Waals surface area contributed by atoms with Crippen LogP contribution in [-0.2, 0) is 6.54 Å². The highest BCUT2D eigenvalue weighted by molar-refractivity contribution is 5.79. The molecule has 23 heavy (non-hydrogen) atoms. The molecule has 1 aromatic rings. The van der Waals surface area contributed by atoms with E-state index in [2.05, 4.69) is 35.6 Å². The number of hydrogen-bond acceptors (Lipinski definition) is 3. The Morgan fingerprint density at radius 1 is 1.35 bits per heavy atom. The molecule has 1 aromatic carbocycles. The monoisotopic (exact) mass is 318 g/mol. The minimum atomic E-state index is 0.615. The summed E-state index contributed by atoms with van der Waals surface area (Å²) >= 11 is 0. The summed E-state index contributed by atoms with van der Waals surface area (Å²) in [6.45, 7) is 6.93. The zero-order chi connectivity index (χ0) is 16.5. The molecule has 0 aliphatic carbocycles. The standard InChI is InChI=1S/C18H30N4O/c1-4-19-18(20-12-15-8-7-11-22(2)14-15)21-13-16-9-5-6-10-17(16)23-3/h5-6,9-10,15H,4,7-8,11-14H2,1-3H3,(H2,19,20,21). The zero-order valence-corrected chi connectivity index (χ0v) is 14.6. The molecule has 5 heteroatoms. The van der Waals surface area contributed by atoms with Crippen LogP contribution in [0.15, 0.2) is 29.3 Å². The van der Waals surface area contributed by atoms with Gasteiger partial charge in [0.05, 0.1) is 13.7 Å². The van der Waals surface area contributed by atoms with Crippen LogP contribution in [0.3, 0.4) is 0 Å². The van der Waals surface area contributed by atoms with Crippen LogP contribution in [-0.4, -0.2) is 51.2 Å². The van der Waals surface area contributed by atoms with Crippen LogP contribution < -0.4 is 15.4 Å². The molecule has 0 spiro atoms. The lowest BCUT2D eigenvalue weighted by Gasteiger charge is -2.30. The number of piperidine rings is 1. The van der Waals surface area contributed by atoms with E-state index in [0.29, 0.717) is 12.5 Å². The van der Waals surface area contributed by atoms with Crippen molar-refractivity contribution in [1.82, 2.24) is 15.5 Å². The smallest absolute Gasteiger partial charge is 0.191 e. The van der Waals surface area contributed by atoms with Crippen molar-refractivity contribution in [3.05, 3.63) is 29.8 Å². The van der Waals surface area contributed by atoms with Gasteiger partial charge in [0.1, 0.15) is 5.75 Å². The first-order valence-corrected chi connectivity index (χ1v) is 8.55. The topological polar surface area (TPSA) is 48.9 Å². The van der Waals surface area contributed by atoms with Gasteiger partial charge in [-0.3, -0.25) is 0 Å². The van der Waals surface area contributed by atoms with Gasteiger partial charge in [0, 0.05) is 25.2 Å². The van der Waals surface area contributed by atoms with Crippen molar-refractivity contribution >= 4 is 5.96 Å². The molecule has 128 valence electrons. The predicted octanol–water partition coefficient (Wildman–Crippen LogP) is 2.09. The van der Waals surface area contributed by atoms with Gasteiger partial charge >= 0.3 is 0 Å². The molecule has 1 fully saturated rings. The molecule has 1 atom stereocenters. The lowest BCUT2D eigenvalue weighted by atomic mass is 9.99. The molecule has 1 unspecified atom stereocenters. The highest BCUT2D eigenvalue weighted by Gasteiger charge is 2.17. The van der Waals surface area contributed by atoms with Crippen LogP contribution in [0.2, 0.25) is 0 Å². The maximum atomic E-state index is 5.39. The van der Waals surface area contributed by atoms with E-state index in [1.54, 1.807) is 7.11 Å². The van der Waals surface area contributed by atoms with E-state index in [9.17, 15) is 0 Å². The zero-order valence-electron chi connectivity index (χ0n) is 14.6. The van der Waals surface area contributed by atoms with Gasteiger partial charge in [0.15, 0.2) is 5.96 Å². The number of methoxy groups -OCH3 is 1. The molecule has 1 heterocycles. The van der Waals surface area contributed by atoms with Crippen LogP contribution in [0.4, 0.5) is 0 Å². The molecule has 5 nitrogen and oxygen atoms in total. The Kier molecular flexibility index (Phi) is 7.20. The Hall–Kier alpha value is -1.75. The number of rotatable bonds is 6. The first-order valence-electron chi connectivity index (χ1n) is 8.55. The molecular formula is C18H30N4O. The SMILES string of the molecule is CCNC(=NCc1ccccc1OC)NCC1CCCN(C)C1. The van der Waals surface area contributed by atoms with E-state index in [4.69, 9.17) is 9.73 Å². The number of guanidine groups is 1. The average Bonchev–Trinajstić information content (AvgIpc) is 2.57. The Balaban J connectivity index is 1.91. The molecule has 0 saturated carbocycles. The summed E-state index contributed by atoms with van der Waals surface area (Å²) in [6, 6.07) is 8.03. The Bertz CT molecular complexity index is 504. The number of para-hydroxylation sites is 1. The summed E-state index contributed by atoms with van der Waals surface area (Å²) < 4.78 is 5.39. The van der Waals surface area contributed by atoms with Crippen molar-refractivity contribution in [2.24, 2.45) is 10.9 Å². The maximum Gasteiger partial charge on any atom is 0.191 e. The predicted molar refractivity (Wildman–Crippen MR) is 96.0 cm³/mol. The number of likely N-dealkylation sites (tertiary alicyclic amines) is 1. The quantitative estimate of drug-likeness (QED) is 0.623. The van der Waals surface area contributed by atoms with Gasteiger partial charge in [0.25, 0.3) is 0 Å². The normalized spacial score (nSPS) is 19.4. The van der Waals surface area contributed by atoms with Gasteiger partial charge in [-0.2, -0.15) is 0 Å². The number of aliphatic imine (C=N–C) groups is 1. The number of hydrogen-bond donors (Lipinski definition) is 2. The largest absolute Gasteiger partial charge is 0.496 e. The van der Waals surface area contributed by atoms with Gasteiger partial charge < -0.3 is 20.3 Å². The highest BCUT2D eigenvalue weighted by atomic mass is 16.5. The van der Waals surface area contributed by atoms with Gasteiger partial charge in [-0.15, -0.1) is 0 Å². The van der Waals surface area contributed by atoms with Gasteiger partial charge in [-0.25, -0.2) is 4.99 Å². The van der Waals surface area contributed by atoms with E-state index < -0.39 is 0 Å². The van der Waals surface area contributed by atoms with Gasteiger partial charge in [0.2, 0.25) is 0 Å². The first kappa shape index (κ1) is 17.6. The third-order valence-corrected chi connectivity index (χ3v) is 4.22. The molecule has 2 N–H and O–H groups in total. The molecule has 1 aliphatic rings. The van der Waals surface area contributed by atoms with Crippen LogP contribution in [0.25, 0.3) is 0 Å². The van der Waals surface area contributed by atoms with E-state index in [-0.39, 0.29) is 0 Å². The summed E-state index contributed by atoms with van der Waals surface area (Å²) in [5, 5.41) is 6.82. The first-order chi connectivity index (χ1) is 11.2. The second-order valence-corrected chi connectivity index (χ2v) is 6.16. The van der Waals surface area contributed by atoms with Gasteiger partial charge in [-0.05, 0) is 45.3 Å². The Morgan fingerprint density at radius 3 is 2.91 bits per heavy atom. The van der Waals surface area contributed by atoms with E-state index in [1.165, 1.54) is 25.9 Å². The van der Waals surface area contributed by atoms with Crippen molar-refractivity contribution in [2.45, 2.75) is 26.3 Å². The minimum absolute atomic E-state index is 0.615. The second-order valence-electron chi connectivity index (χ2n) is 6.16. The third-order valence-electron chi connectivity index (χ3n) is 4.22. The molecule has 2 rings (SSSR count). The van der Waals surface area contributed by atoms with Crippen LogP contribution in [0.5, 0.6) is 5.75 Å². The van der Waals surface area contributed by atoms with Crippen LogP contribution in [0.1, 0.15) is 25.3 Å². The molecule has 1 aliphatic heterocycles. The van der Waals surface area contributed by atoms with Crippen molar-refractivity contribution in [3.63, 3.8) is 0 Å². The van der Waals surface area contributed by atoms with E-state index >= 15 is 0 Å². The van der Waals surface area contributed by atoms with Crippen LogP contribution >= 0.6 is 0 Å². The summed E-state index contributed by atoms with van der Waals surface area (Å²) in [5.74, 6) is 2.47. The molecule has 0 aromatic heterocycles. The molecule has 0 amide bonds. The summed E-state index contributed by atoms with van der Waals surface area (Å²) in [6.07, 6.45) is 2.58. The summed E-state index contributed by atoms with van der Waals surface area (Å²) in [7, 11) is 3.90. The lowest BCUT2D eigenvalue weighted by Crippen LogP contribution is -2.43. The number of ether oxygens (including phenoxy) is 1. The summed E-state index contributed by atoms with van der Waals surface area (Å²) in [4.78, 5) is 7.11. The number of nitrogens with one attached hydrogen (secondary N) is 2. The third kappa shape index (κ3) is 5.75. The van der Waals surface area contributed by atoms with Gasteiger partial charge in [-0.1, -0.05) is 18.2 Å². The average molecular weight is 318 g/mol. The Labute approximate surface area is 140 Å². The lowest BCUT2D eigenvalue weighted by molar-refractivity contribution is 0.210. The van der Waals surface area contributed by atoms with Crippen molar-refractivity contribution in [2.75, 3.05) is 40.3 Å². The Morgan fingerprint density at radius 2 is 2.17 bits per heavy atom. The second kappa shape index (κ2) is 9.40. The minimum Gasteiger partial charge on any atom is -0.496 e. The fourth-order valence-electron chi connectivity index (χ4n) is 3.02. The van der Waals surface area contributed by atoms with E-state index in [1.807, 2.05) is 18.2 Å². The van der Waals surface area contributed by atoms with Crippen LogP contribution in [0, 0.1) is 5.92 Å². The molecular weight excluding hydrogens is 288 g/mol. The van der Waals surface area contributed by atoms with Crippen molar-refractivity contribution < 1.29 is 4.74 Å². The van der Waals surface area contributed by atoms with E-state index in [0.717, 1.165) is 30.4 Å². The molecule has 1 saturated heterocycles. The maximum absolute atomic E-state index is 5.39. The highest BCUT2D eigenvalue weighted by Crippen LogP contribution is 2.18. The van der Waals surface area contributed by atoms with Crippen molar-refractivity contribution in [1.29, 1.82) is 0 Å². The molecule has 0 bridgehead atoms. The fourth-order valence-corrected chi connectivity index (χ4v) is 3.02. The molecule has 0 radical (unpaired) electrons. The number of nitrogens with zero attached hydrogens (tertiary/aromatic N) is 2.